The fourth-order valence-corrected chi connectivity index (χ4v) is 3.59. The van der Waals surface area contributed by atoms with Crippen LogP contribution in [-0.2, 0) is 0 Å². The number of nitrogens with one attached hydrogen (secondary N) is 1. The van der Waals surface area contributed by atoms with Gasteiger partial charge in [0.1, 0.15) is 0 Å². The van der Waals surface area contributed by atoms with E-state index in [1.54, 1.807) is 0 Å². The van der Waals surface area contributed by atoms with E-state index in [2.05, 4.69) is 38.2 Å². The fourth-order valence-electron chi connectivity index (χ4n) is 3.39. The van der Waals surface area contributed by atoms with Crippen LogP contribution in [0.25, 0.3) is 0 Å². The molecule has 0 heterocycles. The van der Waals surface area contributed by atoms with Crippen LogP contribution in [0.3, 0.4) is 0 Å². The van der Waals surface area contributed by atoms with Crippen molar-refractivity contribution in [2.45, 2.75) is 65.0 Å². The standard InChI is InChI=1S/C18H28ClN/c1-13(2)15-6-5-9-18(11-10-15)20-14(3)16-7-4-8-17(19)12-16/h4,7-8,12-15,18,20H,5-6,9-11H2,1-3H3. The highest BCUT2D eigenvalue weighted by molar-refractivity contribution is 6.30. The average molecular weight is 294 g/mol. The number of hydrogen-bond acceptors (Lipinski definition) is 1. The molecule has 1 nitrogen and oxygen atoms in total. The monoisotopic (exact) mass is 293 g/mol. The first kappa shape index (κ1) is 15.9. The van der Waals surface area contributed by atoms with Gasteiger partial charge in [-0.1, -0.05) is 50.4 Å². The SMILES string of the molecule is CC(NC1CCCC(C(C)C)CC1)c1cccc(Cl)c1. The quantitative estimate of drug-likeness (QED) is 0.713. The molecule has 1 aliphatic rings. The van der Waals surface area contributed by atoms with E-state index < -0.39 is 0 Å². The van der Waals surface area contributed by atoms with E-state index in [4.69, 9.17) is 11.6 Å². The first-order chi connectivity index (χ1) is 9.56. The minimum absolute atomic E-state index is 0.384. The van der Waals surface area contributed by atoms with Gasteiger partial charge in [0, 0.05) is 17.1 Å². The summed E-state index contributed by atoms with van der Waals surface area (Å²) in [4.78, 5) is 0. The third-order valence-electron chi connectivity index (χ3n) is 4.79. The number of benzene rings is 1. The summed E-state index contributed by atoms with van der Waals surface area (Å²) in [6, 6.07) is 9.26. The molecule has 0 bridgehead atoms. The highest BCUT2D eigenvalue weighted by Gasteiger charge is 2.22. The van der Waals surface area contributed by atoms with Gasteiger partial charge in [0.05, 0.1) is 0 Å². The Bertz CT molecular complexity index is 416. The lowest BCUT2D eigenvalue weighted by Gasteiger charge is -2.23. The van der Waals surface area contributed by atoms with Crippen LogP contribution in [0.4, 0.5) is 0 Å². The van der Waals surface area contributed by atoms with Crippen LogP contribution in [0.2, 0.25) is 5.02 Å². The van der Waals surface area contributed by atoms with E-state index in [1.165, 1.54) is 37.7 Å². The van der Waals surface area contributed by atoms with E-state index in [9.17, 15) is 0 Å². The highest BCUT2D eigenvalue weighted by atomic mass is 35.5. The summed E-state index contributed by atoms with van der Waals surface area (Å²) in [6.45, 7) is 6.98. The highest BCUT2D eigenvalue weighted by Crippen LogP contribution is 2.30. The summed E-state index contributed by atoms with van der Waals surface area (Å²) in [5.74, 6) is 1.75. The van der Waals surface area contributed by atoms with Crippen LogP contribution >= 0.6 is 11.6 Å². The Morgan fingerprint density at radius 1 is 1.10 bits per heavy atom. The second-order valence-corrected chi connectivity index (χ2v) is 7.09. The minimum atomic E-state index is 0.384. The Kier molecular flexibility index (Phi) is 5.92. The molecule has 2 rings (SSSR count). The maximum absolute atomic E-state index is 6.08. The molecule has 20 heavy (non-hydrogen) atoms. The van der Waals surface area contributed by atoms with Crippen LogP contribution in [0.15, 0.2) is 24.3 Å². The molecule has 3 atom stereocenters. The topological polar surface area (TPSA) is 12.0 Å². The van der Waals surface area contributed by atoms with Gasteiger partial charge in [-0.25, -0.2) is 0 Å². The first-order valence-corrected chi connectivity index (χ1v) is 8.45. The number of hydrogen-bond donors (Lipinski definition) is 1. The third-order valence-corrected chi connectivity index (χ3v) is 5.03. The van der Waals surface area contributed by atoms with Crippen molar-refractivity contribution in [2.24, 2.45) is 11.8 Å². The molecular weight excluding hydrogens is 266 g/mol. The lowest BCUT2D eigenvalue weighted by atomic mass is 9.89. The predicted octanol–water partition coefficient (Wildman–Crippen LogP) is 5.60. The van der Waals surface area contributed by atoms with Crippen molar-refractivity contribution in [1.82, 2.24) is 5.32 Å². The molecule has 1 N–H and O–H groups in total. The molecule has 0 aliphatic heterocycles. The molecule has 1 saturated carbocycles. The first-order valence-electron chi connectivity index (χ1n) is 8.07. The Balaban J connectivity index is 1.90. The van der Waals surface area contributed by atoms with Gasteiger partial charge < -0.3 is 5.32 Å². The zero-order valence-corrected chi connectivity index (χ0v) is 13.8. The molecule has 2 heteroatoms. The van der Waals surface area contributed by atoms with Crippen molar-refractivity contribution in [3.05, 3.63) is 34.9 Å². The van der Waals surface area contributed by atoms with Crippen molar-refractivity contribution in [3.63, 3.8) is 0 Å². The van der Waals surface area contributed by atoms with Crippen LogP contribution in [0.5, 0.6) is 0 Å². The lowest BCUT2D eigenvalue weighted by Crippen LogP contribution is -2.31. The molecule has 1 aliphatic carbocycles. The third kappa shape index (κ3) is 4.49. The zero-order valence-electron chi connectivity index (χ0n) is 13.0. The smallest absolute Gasteiger partial charge is 0.0409 e. The van der Waals surface area contributed by atoms with E-state index in [0.29, 0.717) is 12.1 Å². The summed E-state index contributed by atoms with van der Waals surface area (Å²) in [6.07, 6.45) is 6.77. The Morgan fingerprint density at radius 2 is 1.90 bits per heavy atom. The molecule has 1 aromatic carbocycles. The molecule has 0 radical (unpaired) electrons. The molecule has 0 spiro atoms. The van der Waals surface area contributed by atoms with E-state index in [1.807, 2.05) is 12.1 Å². The maximum atomic E-state index is 6.08. The van der Waals surface area contributed by atoms with Crippen molar-refractivity contribution in [2.75, 3.05) is 0 Å². The van der Waals surface area contributed by atoms with Crippen molar-refractivity contribution in [1.29, 1.82) is 0 Å². The van der Waals surface area contributed by atoms with Gasteiger partial charge in [-0.05, 0) is 55.7 Å². The molecule has 1 fully saturated rings. The second-order valence-electron chi connectivity index (χ2n) is 6.65. The molecule has 0 amide bonds. The Labute approximate surface area is 129 Å². The lowest BCUT2D eigenvalue weighted by molar-refractivity contribution is 0.335. The molecular formula is C18H28ClN. The maximum Gasteiger partial charge on any atom is 0.0409 e. The summed E-state index contributed by atoms with van der Waals surface area (Å²) in [7, 11) is 0. The van der Waals surface area contributed by atoms with Gasteiger partial charge in [0.25, 0.3) is 0 Å². The zero-order chi connectivity index (χ0) is 14.5. The van der Waals surface area contributed by atoms with Gasteiger partial charge >= 0.3 is 0 Å². The van der Waals surface area contributed by atoms with E-state index >= 15 is 0 Å². The van der Waals surface area contributed by atoms with Crippen LogP contribution in [0.1, 0.15) is 64.5 Å². The molecule has 0 saturated heterocycles. The average Bonchev–Trinajstić information content (AvgIpc) is 2.64. The summed E-state index contributed by atoms with van der Waals surface area (Å²) < 4.78 is 0. The normalized spacial score (nSPS) is 25.4. The molecule has 112 valence electrons. The minimum Gasteiger partial charge on any atom is -0.307 e. The van der Waals surface area contributed by atoms with E-state index in [0.717, 1.165) is 16.9 Å². The van der Waals surface area contributed by atoms with Crippen LogP contribution in [-0.4, -0.2) is 6.04 Å². The van der Waals surface area contributed by atoms with Crippen molar-refractivity contribution >= 4 is 11.6 Å². The summed E-state index contributed by atoms with van der Waals surface area (Å²) >= 11 is 6.08. The van der Waals surface area contributed by atoms with E-state index in [-0.39, 0.29) is 0 Å². The summed E-state index contributed by atoms with van der Waals surface area (Å²) in [5.41, 5.74) is 1.29. The molecule has 0 aromatic heterocycles. The second kappa shape index (κ2) is 7.47. The van der Waals surface area contributed by atoms with Gasteiger partial charge in [-0.2, -0.15) is 0 Å². The predicted molar refractivity (Wildman–Crippen MR) is 88.2 cm³/mol. The molecule has 1 aromatic rings. The fraction of sp³-hybridized carbons (Fsp3) is 0.667. The largest absolute Gasteiger partial charge is 0.307 e. The Hall–Kier alpha value is -0.530. The van der Waals surface area contributed by atoms with Crippen LogP contribution < -0.4 is 5.32 Å². The number of halogens is 1. The van der Waals surface area contributed by atoms with Gasteiger partial charge in [-0.15, -0.1) is 0 Å². The summed E-state index contributed by atoms with van der Waals surface area (Å²) in [5, 5.41) is 4.63. The van der Waals surface area contributed by atoms with Crippen LogP contribution in [0, 0.1) is 11.8 Å². The van der Waals surface area contributed by atoms with Gasteiger partial charge in [0.2, 0.25) is 0 Å². The molecule has 3 unspecified atom stereocenters. The van der Waals surface area contributed by atoms with Gasteiger partial charge in [0.15, 0.2) is 0 Å². The van der Waals surface area contributed by atoms with Crippen molar-refractivity contribution < 1.29 is 0 Å². The Morgan fingerprint density at radius 3 is 2.60 bits per heavy atom. The van der Waals surface area contributed by atoms with Gasteiger partial charge in [-0.3, -0.25) is 0 Å². The van der Waals surface area contributed by atoms with Crippen molar-refractivity contribution in [3.8, 4) is 0 Å². The number of rotatable bonds is 4.